The van der Waals surface area contributed by atoms with Gasteiger partial charge in [0, 0.05) is 10.5 Å². The van der Waals surface area contributed by atoms with Crippen molar-refractivity contribution in [3.05, 3.63) is 45.5 Å². The minimum Gasteiger partial charge on any atom is -0.264 e. The van der Waals surface area contributed by atoms with Gasteiger partial charge in [0.2, 0.25) is 6.54 Å². The first-order chi connectivity index (χ1) is 5.18. The first kappa shape index (κ1) is 7.72. The normalized spacial score (nSPS) is 9.55. The Morgan fingerprint density at radius 3 is 2.36 bits per heavy atom. The van der Waals surface area contributed by atoms with Crippen LogP contribution in [0, 0.1) is 17.0 Å². The molecule has 0 spiro atoms. The maximum absolute atomic E-state index is 10.1. The van der Waals surface area contributed by atoms with Crippen LogP contribution >= 0.6 is 0 Å². The monoisotopic (exact) mass is 151 g/mol. The van der Waals surface area contributed by atoms with E-state index >= 15 is 0 Å². The highest BCUT2D eigenvalue weighted by Gasteiger charge is 1.98. The highest BCUT2D eigenvalue weighted by molar-refractivity contribution is 5.20. The molecule has 0 aromatic heterocycles. The summed E-state index contributed by atoms with van der Waals surface area (Å²) in [6.07, 6.45) is 0. The molecular weight excluding hydrogens is 142 g/mol. The second-order valence-corrected chi connectivity index (χ2v) is 2.48. The van der Waals surface area contributed by atoms with E-state index in [1.807, 2.05) is 19.1 Å². The number of aryl methyl sites for hydroxylation is 1. The van der Waals surface area contributed by atoms with Crippen LogP contribution in [0.4, 0.5) is 0 Å². The lowest BCUT2D eigenvalue weighted by Gasteiger charge is -1.94. The van der Waals surface area contributed by atoms with Crippen molar-refractivity contribution in [1.82, 2.24) is 0 Å². The summed E-state index contributed by atoms with van der Waals surface area (Å²) < 4.78 is 0. The second-order valence-electron chi connectivity index (χ2n) is 2.48. The zero-order valence-corrected chi connectivity index (χ0v) is 6.28. The molecule has 0 aliphatic carbocycles. The quantitative estimate of drug-likeness (QED) is 0.477. The molecule has 3 heteroatoms. The number of nitro groups is 1. The van der Waals surface area contributed by atoms with Gasteiger partial charge in [0.1, 0.15) is 0 Å². The minimum absolute atomic E-state index is 0.0831. The van der Waals surface area contributed by atoms with E-state index in [2.05, 4.69) is 0 Å². The first-order valence-electron chi connectivity index (χ1n) is 3.36. The minimum atomic E-state index is -0.329. The van der Waals surface area contributed by atoms with E-state index in [1.54, 1.807) is 12.1 Å². The van der Waals surface area contributed by atoms with Crippen molar-refractivity contribution in [3.8, 4) is 0 Å². The number of nitrogens with zero attached hydrogens (tertiary/aromatic N) is 1. The molecule has 58 valence electrons. The lowest BCUT2D eigenvalue weighted by atomic mass is 10.2. The van der Waals surface area contributed by atoms with E-state index in [0.29, 0.717) is 0 Å². The van der Waals surface area contributed by atoms with Gasteiger partial charge in [-0.2, -0.15) is 0 Å². The fourth-order valence-corrected chi connectivity index (χ4v) is 0.843. The van der Waals surface area contributed by atoms with Crippen LogP contribution in [-0.2, 0) is 6.54 Å². The average Bonchev–Trinajstić information content (AvgIpc) is 1.93. The van der Waals surface area contributed by atoms with Crippen LogP contribution < -0.4 is 0 Å². The van der Waals surface area contributed by atoms with E-state index in [-0.39, 0.29) is 11.5 Å². The van der Waals surface area contributed by atoms with Gasteiger partial charge in [-0.3, -0.25) is 10.1 Å². The van der Waals surface area contributed by atoms with Gasteiger partial charge in [0.25, 0.3) is 0 Å². The van der Waals surface area contributed by atoms with E-state index in [0.717, 1.165) is 11.1 Å². The molecule has 0 atom stereocenters. The van der Waals surface area contributed by atoms with Crippen LogP contribution in [0.2, 0.25) is 0 Å². The van der Waals surface area contributed by atoms with E-state index in [9.17, 15) is 10.1 Å². The van der Waals surface area contributed by atoms with Crippen LogP contribution in [0.25, 0.3) is 0 Å². The first-order valence-corrected chi connectivity index (χ1v) is 3.36. The van der Waals surface area contributed by atoms with Crippen molar-refractivity contribution in [2.45, 2.75) is 13.5 Å². The fourth-order valence-electron chi connectivity index (χ4n) is 0.843. The molecule has 0 fully saturated rings. The topological polar surface area (TPSA) is 43.1 Å². The number of hydrogen-bond donors (Lipinski definition) is 0. The van der Waals surface area contributed by atoms with Gasteiger partial charge in [0.15, 0.2) is 0 Å². The third-order valence-corrected chi connectivity index (χ3v) is 1.43. The molecule has 0 saturated heterocycles. The Bertz CT molecular complexity index is 253. The molecule has 1 rings (SSSR count). The standard InChI is InChI=1S/C8H9NO2/c1-7-2-4-8(5-3-7)6-9(10)11/h2-5H,6H2,1H3. The lowest BCUT2D eigenvalue weighted by Crippen LogP contribution is -1.97. The third-order valence-electron chi connectivity index (χ3n) is 1.43. The van der Waals surface area contributed by atoms with Gasteiger partial charge in [0.05, 0.1) is 0 Å². The summed E-state index contributed by atoms with van der Waals surface area (Å²) in [7, 11) is 0. The Morgan fingerprint density at radius 2 is 1.91 bits per heavy atom. The van der Waals surface area contributed by atoms with Crippen LogP contribution in [-0.4, -0.2) is 4.92 Å². The Morgan fingerprint density at radius 1 is 1.36 bits per heavy atom. The third kappa shape index (κ3) is 2.37. The van der Waals surface area contributed by atoms with Crippen LogP contribution in [0.15, 0.2) is 24.3 Å². The van der Waals surface area contributed by atoms with Gasteiger partial charge in [-0.25, -0.2) is 0 Å². The fraction of sp³-hybridized carbons (Fsp3) is 0.250. The molecule has 0 bridgehead atoms. The molecule has 11 heavy (non-hydrogen) atoms. The molecule has 0 amide bonds. The summed E-state index contributed by atoms with van der Waals surface area (Å²) >= 11 is 0. The smallest absolute Gasteiger partial charge is 0.228 e. The maximum Gasteiger partial charge on any atom is 0.228 e. The molecule has 0 unspecified atom stereocenters. The van der Waals surface area contributed by atoms with Gasteiger partial charge in [-0.1, -0.05) is 29.8 Å². The molecule has 0 saturated carbocycles. The highest BCUT2D eigenvalue weighted by atomic mass is 16.6. The number of rotatable bonds is 2. The van der Waals surface area contributed by atoms with Gasteiger partial charge >= 0.3 is 0 Å². The van der Waals surface area contributed by atoms with Crippen LogP contribution in [0.1, 0.15) is 11.1 Å². The lowest BCUT2D eigenvalue weighted by molar-refractivity contribution is -0.496. The molecule has 0 N–H and O–H groups in total. The second kappa shape index (κ2) is 3.14. The molecule has 0 heterocycles. The number of benzene rings is 1. The summed E-state index contributed by atoms with van der Waals surface area (Å²) in [5.74, 6) is 0. The summed E-state index contributed by atoms with van der Waals surface area (Å²) in [5.41, 5.74) is 1.87. The zero-order chi connectivity index (χ0) is 8.27. The predicted molar refractivity (Wildman–Crippen MR) is 41.9 cm³/mol. The van der Waals surface area contributed by atoms with Crippen molar-refractivity contribution in [2.24, 2.45) is 0 Å². The molecule has 1 aromatic carbocycles. The summed E-state index contributed by atoms with van der Waals surface area (Å²) in [4.78, 5) is 9.73. The van der Waals surface area contributed by atoms with Crippen molar-refractivity contribution in [3.63, 3.8) is 0 Å². The molecule has 0 radical (unpaired) electrons. The Hall–Kier alpha value is -1.38. The van der Waals surface area contributed by atoms with Crippen molar-refractivity contribution in [2.75, 3.05) is 0 Å². The number of hydrogen-bond acceptors (Lipinski definition) is 2. The van der Waals surface area contributed by atoms with Crippen molar-refractivity contribution < 1.29 is 4.92 Å². The Kier molecular flexibility index (Phi) is 2.21. The molecule has 0 aliphatic heterocycles. The van der Waals surface area contributed by atoms with Crippen LogP contribution in [0.5, 0.6) is 0 Å². The summed E-state index contributed by atoms with van der Waals surface area (Å²) in [6.45, 7) is 1.87. The molecule has 3 nitrogen and oxygen atoms in total. The van der Waals surface area contributed by atoms with Gasteiger partial charge in [-0.05, 0) is 6.92 Å². The van der Waals surface area contributed by atoms with Crippen molar-refractivity contribution in [1.29, 1.82) is 0 Å². The zero-order valence-electron chi connectivity index (χ0n) is 6.28. The van der Waals surface area contributed by atoms with E-state index in [4.69, 9.17) is 0 Å². The van der Waals surface area contributed by atoms with Gasteiger partial charge in [-0.15, -0.1) is 0 Å². The maximum atomic E-state index is 10.1. The average molecular weight is 151 g/mol. The SMILES string of the molecule is Cc1ccc(C[N+](=O)[O-])cc1. The molecule has 1 aromatic rings. The predicted octanol–water partition coefficient (Wildman–Crippen LogP) is 1.77. The van der Waals surface area contributed by atoms with E-state index < -0.39 is 0 Å². The van der Waals surface area contributed by atoms with Crippen LogP contribution in [0.3, 0.4) is 0 Å². The van der Waals surface area contributed by atoms with Crippen molar-refractivity contribution >= 4 is 0 Å². The molecule has 0 aliphatic rings. The highest BCUT2D eigenvalue weighted by Crippen LogP contribution is 2.03. The Labute approximate surface area is 64.8 Å². The summed E-state index contributed by atoms with van der Waals surface area (Å²) in [5, 5.41) is 10.1. The molecular formula is C8H9NO2. The summed E-state index contributed by atoms with van der Waals surface area (Å²) in [6, 6.07) is 7.30. The largest absolute Gasteiger partial charge is 0.264 e. The van der Waals surface area contributed by atoms with E-state index in [1.165, 1.54) is 0 Å². The van der Waals surface area contributed by atoms with Gasteiger partial charge < -0.3 is 0 Å². The Balaban J connectivity index is 2.74.